The smallest absolute Gasteiger partial charge is 0.332 e. The first kappa shape index (κ1) is 31.9. The fourth-order valence-electron chi connectivity index (χ4n) is 6.56. The van der Waals surface area contributed by atoms with Gasteiger partial charge in [0.15, 0.2) is 17.1 Å². The van der Waals surface area contributed by atoms with Crippen molar-refractivity contribution in [3.8, 4) is 22.6 Å². The van der Waals surface area contributed by atoms with Crippen molar-refractivity contribution in [3.05, 3.63) is 144 Å². The van der Waals surface area contributed by atoms with E-state index in [4.69, 9.17) is 9.40 Å². The Kier molecular flexibility index (Phi) is 9.89. The molecule has 47 heavy (non-hydrogen) atoms. The van der Waals surface area contributed by atoms with Crippen LogP contribution in [0.1, 0.15) is 60.0 Å². The van der Waals surface area contributed by atoms with Gasteiger partial charge in [-0.2, -0.15) is 0 Å². The van der Waals surface area contributed by atoms with E-state index in [1.165, 1.54) is 0 Å². The van der Waals surface area contributed by atoms with Gasteiger partial charge in [-0.15, -0.1) is 0 Å². The minimum Gasteiger partial charge on any atom is -0.480 e. The molecule has 4 aromatic carbocycles. The number of carboxylic acids is 1. The Morgan fingerprint density at radius 3 is 2.21 bits per heavy atom. The van der Waals surface area contributed by atoms with Gasteiger partial charge in [0.25, 0.3) is 0 Å². The van der Waals surface area contributed by atoms with E-state index >= 15 is 0 Å². The van der Waals surface area contributed by atoms with Crippen molar-refractivity contribution in [2.75, 3.05) is 6.54 Å². The molecule has 238 valence electrons. The van der Waals surface area contributed by atoms with Crippen molar-refractivity contribution in [2.24, 2.45) is 5.92 Å². The van der Waals surface area contributed by atoms with E-state index in [0.717, 1.165) is 58.5 Å². The number of allylic oxidation sites excluding steroid dienone is 2. The molecule has 0 spiro atoms. The number of carboxylic acid groups (broad SMARTS) is 1. The highest BCUT2D eigenvalue weighted by Crippen LogP contribution is 2.40. The molecule has 0 saturated heterocycles. The summed E-state index contributed by atoms with van der Waals surface area (Å²) in [6, 6.07) is 37.5. The van der Waals surface area contributed by atoms with Crippen LogP contribution in [-0.2, 0) is 17.6 Å². The molecule has 6 heteroatoms. The molecule has 6 nitrogen and oxygen atoms in total. The second-order valence-electron chi connectivity index (χ2n) is 12.2. The largest absolute Gasteiger partial charge is 0.480 e. The molecule has 1 aromatic heterocycles. The molecule has 0 amide bonds. The van der Waals surface area contributed by atoms with Crippen molar-refractivity contribution in [2.45, 2.75) is 51.0 Å². The maximum absolute atomic E-state index is 13.9. The predicted octanol–water partition coefficient (Wildman–Crippen LogP) is 8.68. The summed E-state index contributed by atoms with van der Waals surface area (Å²) in [4.78, 5) is 31.6. The Morgan fingerprint density at radius 1 is 0.872 bits per heavy atom. The number of benzene rings is 4. The van der Waals surface area contributed by atoms with Gasteiger partial charge < -0.3 is 9.52 Å². The number of aromatic nitrogens is 1. The van der Waals surface area contributed by atoms with E-state index in [-0.39, 0.29) is 12.3 Å². The number of oxazole rings is 1. The van der Waals surface area contributed by atoms with E-state index in [1.807, 2.05) is 109 Å². The van der Waals surface area contributed by atoms with Crippen molar-refractivity contribution >= 4 is 17.3 Å². The zero-order valence-corrected chi connectivity index (χ0v) is 26.7. The van der Waals surface area contributed by atoms with Crippen LogP contribution in [0.5, 0.6) is 0 Å². The first-order valence-corrected chi connectivity index (χ1v) is 16.5. The summed E-state index contributed by atoms with van der Waals surface area (Å²) in [6.45, 7) is 2.12. The third-order valence-electron chi connectivity index (χ3n) is 9.16. The first-order valence-electron chi connectivity index (χ1n) is 16.5. The molecule has 0 radical (unpaired) electrons. The average Bonchev–Trinajstić information content (AvgIpc) is 3.57. The monoisotopic (exact) mass is 624 g/mol. The van der Waals surface area contributed by atoms with E-state index < -0.39 is 17.3 Å². The zero-order chi connectivity index (χ0) is 32.6. The summed E-state index contributed by atoms with van der Waals surface area (Å²) >= 11 is 0. The second-order valence-corrected chi connectivity index (χ2v) is 12.2. The number of carbonyl (C=O) groups is 2. The number of nitrogens with one attached hydrogen (secondary N) is 1. The molecule has 0 fully saturated rings. The Morgan fingerprint density at radius 2 is 1.53 bits per heavy atom. The number of Topliss-reactive ketones (excluding diaryl/α,β-unsaturated/α-hetero) is 1. The van der Waals surface area contributed by atoms with Gasteiger partial charge in [-0.25, -0.2) is 9.78 Å². The lowest BCUT2D eigenvalue weighted by Crippen LogP contribution is -2.58. The molecule has 0 saturated carbocycles. The normalized spacial score (nSPS) is 15.9. The van der Waals surface area contributed by atoms with Gasteiger partial charge in [-0.05, 0) is 61.6 Å². The van der Waals surface area contributed by atoms with Crippen LogP contribution < -0.4 is 5.32 Å². The Hall–Kier alpha value is -5.07. The number of rotatable bonds is 13. The molecule has 5 aromatic rings. The van der Waals surface area contributed by atoms with Gasteiger partial charge in [-0.1, -0.05) is 122 Å². The highest BCUT2D eigenvalue weighted by atomic mass is 16.4. The fourth-order valence-corrected chi connectivity index (χ4v) is 6.56. The summed E-state index contributed by atoms with van der Waals surface area (Å²) in [5.41, 5.74) is 4.61. The van der Waals surface area contributed by atoms with Crippen molar-refractivity contribution in [1.29, 1.82) is 0 Å². The Labute approximate surface area is 276 Å². The summed E-state index contributed by atoms with van der Waals surface area (Å²) in [5.74, 6) is -0.0747. The molecule has 6 rings (SSSR count). The fraction of sp³-hybridized carbons (Fsp3) is 0.244. The maximum atomic E-state index is 13.9. The van der Waals surface area contributed by atoms with Crippen LogP contribution in [-0.4, -0.2) is 33.9 Å². The van der Waals surface area contributed by atoms with Crippen LogP contribution >= 0.6 is 0 Å². The summed E-state index contributed by atoms with van der Waals surface area (Å²) in [5, 5.41) is 13.4. The van der Waals surface area contributed by atoms with Crippen LogP contribution in [0.3, 0.4) is 0 Å². The van der Waals surface area contributed by atoms with Gasteiger partial charge >= 0.3 is 5.97 Å². The highest BCUT2D eigenvalue weighted by Gasteiger charge is 2.44. The number of ketones is 1. The predicted molar refractivity (Wildman–Crippen MR) is 186 cm³/mol. The lowest BCUT2D eigenvalue weighted by atomic mass is 9.81. The highest BCUT2D eigenvalue weighted by molar-refractivity contribution is 6.16. The number of carbonyl (C=O) groups excluding carboxylic acids is 1. The zero-order valence-electron chi connectivity index (χ0n) is 26.7. The molecule has 1 aliphatic carbocycles. The number of aliphatic carboxylic acids is 1. The van der Waals surface area contributed by atoms with Gasteiger partial charge in [0.2, 0.25) is 5.89 Å². The lowest BCUT2D eigenvalue weighted by molar-refractivity contribution is -0.142. The minimum atomic E-state index is -1.71. The number of hydrogen-bond donors (Lipinski definition) is 2. The van der Waals surface area contributed by atoms with Crippen LogP contribution in [0.2, 0.25) is 0 Å². The van der Waals surface area contributed by atoms with E-state index in [1.54, 1.807) is 13.0 Å². The SMILES string of the molecule is CCC(NCCc1ccccc1)(C(=O)O)C(=O)c1cccc(CC2CCCC=C2c2nc(-c3ccccc3)c(-c3ccccc3)o2)c1. The van der Waals surface area contributed by atoms with Crippen molar-refractivity contribution in [1.82, 2.24) is 10.3 Å². The maximum Gasteiger partial charge on any atom is 0.332 e. The lowest BCUT2D eigenvalue weighted by Gasteiger charge is -2.28. The van der Waals surface area contributed by atoms with Gasteiger partial charge in [0.05, 0.1) is 0 Å². The van der Waals surface area contributed by atoms with E-state index in [0.29, 0.717) is 30.8 Å². The molecule has 2 atom stereocenters. The molecule has 2 unspecified atom stereocenters. The van der Waals surface area contributed by atoms with Crippen LogP contribution in [0, 0.1) is 5.92 Å². The van der Waals surface area contributed by atoms with E-state index in [2.05, 4.69) is 11.4 Å². The Balaban J connectivity index is 1.25. The summed E-state index contributed by atoms with van der Waals surface area (Å²) in [6.07, 6.45) is 6.63. The van der Waals surface area contributed by atoms with Gasteiger partial charge in [0, 0.05) is 28.8 Å². The summed E-state index contributed by atoms with van der Waals surface area (Å²) < 4.78 is 6.57. The van der Waals surface area contributed by atoms with E-state index in [9.17, 15) is 14.7 Å². The summed E-state index contributed by atoms with van der Waals surface area (Å²) in [7, 11) is 0. The minimum absolute atomic E-state index is 0.132. The standard InChI is InChI=1S/C41H40N2O4/c1-2-41(40(45)46,42-26-25-29-15-6-3-7-16-29)38(44)34-23-14-17-30(28-34)27-33-22-12-13-24-35(33)39-43-36(31-18-8-4-9-19-31)37(47-39)32-20-10-5-11-21-32/h3-11,14-21,23-24,28,33,42H,2,12-13,22,25-27H2,1H3,(H,45,46). The molecule has 0 aliphatic heterocycles. The Bertz CT molecular complexity index is 1790. The van der Waals surface area contributed by atoms with Crippen LogP contribution in [0.25, 0.3) is 28.2 Å². The number of nitrogens with zero attached hydrogens (tertiary/aromatic N) is 1. The molecule has 2 N–H and O–H groups in total. The third kappa shape index (κ3) is 7.03. The van der Waals surface area contributed by atoms with Crippen molar-refractivity contribution in [3.63, 3.8) is 0 Å². The molecular formula is C41H40N2O4. The topological polar surface area (TPSA) is 92.4 Å². The van der Waals surface area contributed by atoms with Gasteiger partial charge in [0.1, 0.15) is 5.69 Å². The molecule has 1 heterocycles. The quantitative estimate of drug-likeness (QED) is 0.101. The van der Waals surface area contributed by atoms with Crippen LogP contribution in [0.15, 0.2) is 126 Å². The van der Waals surface area contributed by atoms with Gasteiger partial charge in [-0.3, -0.25) is 10.1 Å². The average molecular weight is 625 g/mol. The van der Waals surface area contributed by atoms with Crippen LogP contribution in [0.4, 0.5) is 0 Å². The second kappa shape index (κ2) is 14.6. The van der Waals surface area contributed by atoms with Crippen molar-refractivity contribution < 1.29 is 19.1 Å². The molecule has 1 aliphatic rings. The molecular weight excluding hydrogens is 584 g/mol. The number of hydrogen-bond acceptors (Lipinski definition) is 5. The molecule has 0 bridgehead atoms. The third-order valence-corrected chi connectivity index (χ3v) is 9.16. The first-order chi connectivity index (χ1) is 23.0.